The molecule has 1 fully saturated rings. The number of thioether (sulfide) groups is 1. The number of rotatable bonds is 2. The van der Waals surface area contributed by atoms with Gasteiger partial charge < -0.3 is 9.80 Å². The molecular formula is C12H24N2OS. The van der Waals surface area contributed by atoms with Gasteiger partial charge in [0.2, 0.25) is 0 Å². The van der Waals surface area contributed by atoms with Crippen LogP contribution in [-0.4, -0.2) is 52.5 Å². The third-order valence-corrected chi connectivity index (χ3v) is 4.51. The molecule has 16 heavy (non-hydrogen) atoms. The molecule has 1 saturated heterocycles. The molecular weight excluding hydrogens is 220 g/mol. The molecule has 0 saturated carbocycles. The van der Waals surface area contributed by atoms with E-state index >= 15 is 0 Å². The first-order valence-electron chi connectivity index (χ1n) is 6.18. The van der Waals surface area contributed by atoms with E-state index in [9.17, 15) is 4.79 Å². The molecule has 0 atom stereocenters. The van der Waals surface area contributed by atoms with Crippen LogP contribution < -0.4 is 0 Å². The van der Waals surface area contributed by atoms with Gasteiger partial charge in [-0.15, -0.1) is 0 Å². The quantitative estimate of drug-likeness (QED) is 0.745. The summed E-state index contributed by atoms with van der Waals surface area (Å²) in [6, 6.07) is 0.211. The number of carbonyl (C=O) groups excluding carboxylic acids is 1. The molecule has 0 aromatic heterocycles. The fraction of sp³-hybridized carbons (Fsp3) is 0.917. The molecule has 1 rings (SSSR count). The van der Waals surface area contributed by atoms with Gasteiger partial charge in [-0.1, -0.05) is 13.8 Å². The molecule has 0 spiro atoms. The number of urea groups is 1. The molecule has 0 radical (unpaired) electrons. The van der Waals surface area contributed by atoms with Crippen LogP contribution >= 0.6 is 11.8 Å². The summed E-state index contributed by atoms with van der Waals surface area (Å²) in [4.78, 5) is 16.1. The van der Waals surface area contributed by atoms with Crippen LogP contribution in [0.1, 0.15) is 34.1 Å². The molecule has 0 aliphatic carbocycles. The highest BCUT2D eigenvalue weighted by Gasteiger charge is 2.27. The lowest BCUT2D eigenvalue weighted by atomic mass is 10.1. The number of hydrogen-bond acceptors (Lipinski definition) is 2. The van der Waals surface area contributed by atoms with Crippen molar-refractivity contribution in [2.75, 3.05) is 31.9 Å². The smallest absolute Gasteiger partial charge is 0.320 e. The zero-order chi connectivity index (χ0) is 12.2. The second kappa shape index (κ2) is 5.80. The molecule has 3 nitrogen and oxygen atoms in total. The van der Waals surface area contributed by atoms with Crippen molar-refractivity contribution in [3.63, 3.8) is 0 Å². The summed E-state index contributed by atoms with van der Waals surface area (Å²) >= 11 is 1.98. The average molecular weight is 244 g/mol. The molecule has 0 unspecified atom stereocenters. The molecule has 94 valence electrons. The molecule has 1 aliphatic rings. The van der Waals surface area contributed by atoms with Gasteiger partial charge in [-0.2, -0.15) is 11.8 Å². The van der Waals surface area contributed by atoms with Gasteiger partial charge >= 0.3 is 6.03 Å². The second-order valence-corrected chi connectivity index (χ2v) is 6.60. The minimum atomic E-state index is 0.211. The van der Waals surface area contributed by atoms with Crippen molar-refractivity contribution in [3.8, 4) is 0 Å². The second-order valence-electron chi connectivity index (χ2n) is 4.80. The van der Waals surface area contributed by atoms with Crippen molar-refractivity contribution in [3.05, 3.63) is 0 Å². The van der Waals surface area contributed by atoms with Gasteiger partial charge in [0.05, 0.1) is 0 Å². The summed E-state index contributed by atoms with van der Waals surface area (Å²) in [7, 11) is 0. The van der Waals surface area contributed by atoms with E-state index in [-0.39, 0.29) is 6.03 Å². The van der Waals surface area contributed by atoms with E-state index in [0.29, 0.717) is 4.75 Å². The summed E-state index contributed by atoms with van der Waals surface area (Å²) < 4.78 is 0.318. The van der Waals surface area contributed by atoms with Crippen LogP contribution in [0.4, 0.5) is 4.79 Å². The van der Waals surface area contributed by atoms with Crippen LogP contribution in [0.2, 0.25) is 0 Å². The molecule has 1 heterocycles. The predicted molar refractivity (Wildman–Crippen MR) is 71.0 cm³/mol. The third kappa shape index (κ3) is 3.58. The van der Waals surface area contributed by atoms with E-state index in [1.807, 2.05) is 35.4 Å². The van der Waals surface area contributed by atoms with Crippen molar-refractivity contribution in [1.82, 2.24) is 9.80 Å². The Morgan fingerprint density at radius 1 is 1.31 bits per heavy atom. The Labute approximate surface area is 104 Å². The lowest BCUT2D eigenvalue weighted by molar-refractivity contribution is 0.159. The third-order valence-electron chi connectivity index (χ3n) is 3.14. The molecule has 0 aromatic carbocycles. The van der Waals surface area contributed by atoms with Gasteiger partial charge in [-0.3, -0.25) is 0 Å². The molecule has 4 heteroatoms. The SMILES string of the molecule is CCN(CC)C(=O)N1CCSC(C)(C)CC1. The summed E-state index contributed by atoms with van der Waals surface area (Å²) in [5, 5.41) is 0. The standard InChI is InChI=1S/C12H24N2OS/c1-5-13(6-2)11(15)14-8-7-12(3,4)16-10-9-14/h5-10H2,1-4H3. The van der Waals surface area contributed by atoms with Gasteiger partial charge in [0.1, 0.15) is 0 Å². The monoisotopic (exact) mass is 244 g/mol. The van der Waals surface area contributed by atoms with Gasteiger partial charge in [-0.25, -0.2) is 4.79 Å². The van der Waals surface area contributed by atoms with E-state index in [1.54, 1.807) is 0 Å². The highest BCUT2D eigenvalue weighted by atomic mass is 32.2. The number of hydrogen-bond donors (Lipinski definition) is 0. The fourth-order valence-electron chi connectivity index (χ4n) is 1.91. The van der Waals surface area contributed by atoms with E-state index in [0.717, 1.165) is 38.4 Å². The molecule has 1 aliphatic heterocycles. The molecule has 0 aromatic rings. The van der Waals surface area contributed by atoms with Crippen molar-refractivity contribution >= 4 is 17.8 Å². The Hall–Kier alpha value is -0.380. The maximum absolute atomic E-state index is 12.2. The summed E-state index contributed by atoms with van der Waals surface area (Å²) in [5.41, 5.74) is 0. The zero-order valence-corrected chi connectivity index (χ0v) is 11.8. The fourth-order valence-corrected chi connectivity index (χ4v) is 3.01. The first kappa shape index (κ1) is 13.7. The minimum absolute atomic E-state index is 0.211. The van der Waals surface area contributed by atoms with Crippen LogP contribution in [-0.2, 0) is 0 Å². The normalized spacial score (nSPS) is 20.4. The first-order valence-corrected chi connectivity index (χ1v) is 7.16. The minimum Gasteiger partial charge on any atom is -0.325 e. The number of carbonyl (C=O) groups is 1. The van der Waals surface area contributed by atoms with E-state index in [1.165, 1.54) is 0 Å². The summed E-state index contributed by atoms with van der Waals surface area (Å²) in [6.07, 6.45) is 1.09. The Kier molecular flexibility index (Phi) is 4.96. The van der Waals surface area contributed by atoms with Crippen LogP contribution in [0, 0.1) is 0 Å². The maximum atomic E-state index is 12.2. The van der Waals surface area contributed by atoms with Gasteiger partial charge in [-0.05, 0) is 20.3 Å². The largest absolute Gasteiger partial charge is 0.325 e. The van der Waals surface area contributed by atoms with Crippen LogP contribution in [0.3, 0.4) is 0 Å². The number of nitrogens with zero attached hydrogens (tertiary/aromatic N) is 2. The van der Waals surface area contributed by atoms with Gasteiger partial charge in [0.25, 0.3) is 0 Å². The Morgan fingerprint density at radius 3 is 2.50 bits per heavy atom. The summed E-state index contributed by atoms with van der Waals surface area (Å²) in [6.45, 7) is 12.0. The average Bonchev–Trinajstić information content (AvgIpc) is 2.41. The van der Waals surface area contributed by atoms with E-state index < -0.39 is 0 Å². The number of amides is 2. The summed E-state index contributed by atoms with van der Waals surface area (Å²) in [5.74, 6) is 1.06. The van der Waals surface area contributed by atoms with Crippen molar-refractivity contribution in [1.29, 1.82) is 0 Å². The topological polar surface area (TPSA) is 23.6 Å². The van der Waals surface area contributed by atoms with Gasteiger partial charge in [0, 0.05) is 36.7 Å². The van der Waals surface area contributed by atoms with Gasteiger partial charge in [0.15, 0.2) is 0 Å². The van der Waals surface area contributed by atoms with Crippen LogP contribution in [0.15, 0.2) is 0 Å². The van der Waals surface area contributed by atoms with Crippen molar-refractivity contribution in [2.24, 2.45) is 0 Å². The van der Waals surface area contributed by atoms with E-state index in [2.05, 4.69) is 13.8 Å². The lowest BCUT2D eigenvalue weighted by Crippen LogP contribution is -2.44. The van der Waals surface area contributed by atoms with Crippen LogP contribution in [0.5, 0.6) is 0 Å². The highest BCUT2D eigenvalue weighted by Crippen LogP contribution is 2.30. The Morgan fingerprint density at radius 2 is 1.94 bits per heavy atom. The Balaban J connectivity index is 2.57. The van der Waals surface area contributed by atoms with Crippen molar-refractivity contribution in [2.45, 2.75) is 38.9 Å². The molecule has 2 amide bonds. The molecule has 0 N–H and O–H groups in total. The first-order chi connectivity index (χ1) is 7.50. The maximum Gasteiger partial charge on any atom is 0.320 e. The van der Waals surface area contributed by atoms with Crippen LogP contribution in [0.25, 0.3) is 0 Å². The van der Waals surface area contributed by atoms with E-state index in [4.69, 9.17) is 0 Å². The zero-order valence-electron chi connectivity index (χ0n) is 11.0. The Bertz CT molecular complexity index is 239. The molecule has 0 bridgehead atoms. The highest BCUT2D eigenvalue weighted by molar-refractivity contribution is 8.00. The predicted octanol–water partition coefficient (Wildman–Crippen LogP) is 2.67. The van der Waals surface area contributed by atoms with Crippen molar-refractivity contribution < 1.29 is 4.79 Å². The lowest BCUT2D eigenvalue weighted by Gasteiger charge is -2.28.